The molecule has 0 saturated heterocycles. The van der Waals surface area contributed by atoms with Crippen molar-refractivity contribution in [3.63, 3.8) is 0 Å². The summed E-state index contributed by atoms with van der Waals surface area (Å²) in [6.07, 6.45) is 0.204. The van der Waals surface area contributed by atoms with Crippen LogP contribution in [0.2, 0.25) is 0 Å². The van der Waals surface area contributed by atoms with Crippen LogP contribution in [0, 0.1) is 17.1 Å². The monoisotopic (exact) mass is 566 g/mol. The number of aromatic carboxylic acids is 1. The molecule has 5 aromatic rings. The number of hydrogen-bond acceptors (Lipinski definition) is 7. The van der Waals surface area contributed by atoms with Crippen LogP contribution in [0.1, 0.15) is 32.9 Å². The van der Waals surface area contributed by atoms with Gasteiger partial charge in [0.15, 0.2) is 0 Å². The highest BCUT2D eigenvalue weighted by Crippen LogP contribution is 2.27. The van der Waals surface area contributed by atoms with E-state index in [1.165, 1.54) is 19.2 Å². The van der Waals surface area contributed by atoms with E-state index in [-0.39, 0.29) is 18.6 Å². The number of pyridine rings is 1. The Balaban J connectivity index is 1.36. The van der Waals surface area contributed by atoms with E-state index in [0.717, 1.165) is 5.56 Å². The molecule has 0 spiro atoms. The Morgan fingerprint density at radius 3 is 2.60 bits per heavy atom. The molecule has 0 bridgehead atoms. The molecule has 2 aromatic heterocycles. The van der Waals surface area contributed by atoms with Crippen molar-refractivity contribution in [2.45, 2.75) is 19.6 Å². The van der Waals surface area contributed by atoms with E-state index in [9.17, 15) is 9.90 Å². The number of methoxy groups -OCH3 is 2. The van der Waals surface area contributed by atoms with Crippen LogP contribution in [0.3, 0.4) is 0 Å². The number of nitriles is 1. The second-order valence-electron chi connectivity index (χ2n) is 9.45. The van der Waals surface area contributed by atoms with E-state index in [1.807, 2.05) is 4.57 Å². The van der Waals surface area contributed by atoms with Gasteiger partial charge in [-0.05, 0) is 48.0 Å². The molecule has 212 valence electrons. The lowest BCUT2D eigenvalue weighted by molar-refractivity contribution is 0.0697. The Bertz CT molecular complexity index is 1810. The van der Waals surface area contributed by atoms with Crippen LogP contribution in [-0.2, 0) is 24.3 Å². The first-order chi connectivity index (χ1) is 20.4. The molecule has 0 aliphatic rings. The van der Waals surface area contributed by atoms with Gasteiger partial charge in [-0.3, -0.25) is 0 Å². The van der Waals surface area contributed by atoms with E-state index >= 15 is 4.39 Å². The molecule has 3 aromatic carbocycles. The smallest absolute Gasteiger partial charge is 0.335 e. The van der Waals surface area contributed by atoms with Crippen molar-refractivity contribution in [1.82, 2.24) is 14.5 Å². The lowest BCUT2D eigenvalue weighted by Crippen LogP contribution is -2.10. The zero-order valence-electron chi connectivity index (χ0n) is 23.0. The van der Waals surface area contributed by atoms with Gasteiger partial charge < -0.3 is 23.9 Å². The van der Waals surface area contributed by atoms with Crippen molar-refractivity contribution in [2.24, 2.45) is 0 Å². The summed E-state index contributed by atoms with van der Waals surface area (Å²) in [6.45, 7) is 1.01. The first kappa shape index (κ1) is 28.3. The van der Waals surface area contributed by atoms with Crippen molar-refractivity contribution in [3.05, 3.63) is 107 Å². The van der Waals surface area contributed by atoms with Crippen LogP contribution in [0.5, 0.6) is 11.6 Å². The number of imidazole rings is 1. The summed E-state index contributed by atoms with van der Waals surface area (Å²) in [5.41, 5.74) is 4.23. The topological polar surface area (TPSA) is 119 Å². The number of halogens is 1. The number of fused-ring (bicyclic) bond motifs is 1. The number of carbonyl (C=O) groups is 1. The Morgan fingerprint density at radius 2 is 1.86 bits per heavy atom. The summed E-state index contributed by atoms with van der Waals surface area (Å²) in [6, 6.07) is 22.1. The summed E-state index contributed by atoms with van der Waals surface area (Å²) < 4.78 is 33.8. The average molecular weight is 567 g/mol. The molecule has 0 saturated carbocycles. The van der Waals surface area contributed by atoms with Crippen molar-refractivity contribution in [3.8, 4) is 29.0 Å². The third kappa shape index (κ3) is 6.06. The summed E-state index contributed by atoms with van der Waals surface area (Å²) in [5, 5.41) is 18.5. The Labute approximate surface area is 241 Å². The maximum atomic E-state index is 15.4. The molecule has 0 unspecified atom stereocenters. The number of hydrogen-bond donors (Lipinski definition) is 1. The van der Waals surface area contributed by atoms with Crippen LogP contribution < -0.4 is 9.47 Å². The quantitative estimate of drug-likeness (QED) is 0.218. The molecule has 0 fully saturated rings. The molecule has 0 atom stereocenters. The molecule has 2 heterocycles. The highest BCUT2D eigenvalue weighted by molar-refractivity contribution is 5.92. The van der Waals surface area contributed by atoms with Gasteiger partial charge in [-0.2, -0.15) is 5.26 Å². The lowest BCUT2D eigenvalue weighted by Gasteiger charge is -2.12. The van der Waals surface area contributed by atoms with Gasteiger partial charge in [-0.15, -0.1) is 0 Å². The van der Waals surface area contributed by atoms with Crippen molar-refractivity contribution < 1.29 is 28.5 Å². The minimum absolute atomic E-state index is 0.151. The molecular weight excluding hydrogens is 539 g/mol. The summed E-state index contributed by atoms with van der Waals surface area (Å²) >= 11 is 0. The minimum atomic E-state index is -1.03. The number of aromatic nitrogens is 3. The van der Waals surface area contributed by atoms with Gasteiger partial charge in [-0.25, -0.2) is 19.2 Å². The maximum absolute atomic E-state index is 15.4. The first-order valence-electron chi connectivity index (χ1n) is 13.1. The molecule has 9 nitrogen and oxygen atoms in total. The Kier molecular flexibility index (Phi) is 8.41. The lowest BCUT2D eigenvalue weighted by atomic mass is 10.1. The van der Waals surface area contributed by atoms with Gasteiger partial charge >= 0.3 is 5.97 Å². The number of nitrogens with zero attached hydrogens (tertiary/aromatic N) is 4. The molecule has 42 heavy (non-hydrogen) atoms. The van der Waals surface area contributed by atoms with Gasteiger partial charge in [0.25, 0.3) is 0 Å². The molecule has 0 amide bonds. The summed E-state index contributed by atoms with van der Waals surface area (Å²) in [5.74, 6) is 0.0519. The second kappa shape index (κ2) is 12.5. The molecule has 0 radical (unpaired) electrons. The number of carboxylic acid groups (broad SMARTS) is 1. The highest BCUT2D eigenvalue weighted by Gasteiger charge is 2.16. The van der Waals surface area contributed by atoms with Gasteiger partial charge in [0, 0.05) is 37.3 Å². The summed E-state index contributed by atoms with van der Waals surface area (Å²) in [4.78, 5) is 20.7. The fraction of sp³-hybridized carbons (Fsp3) is 0.188. The van der Waals surface area contributed by atoms with E-state index in [1.54, 1.807) is 67.8 Å². The number of rotatable bonds is 11. The first-order valence-corrected chi connectivity index (χ1v) is 13.1. The molecule has 10 heteroatoms. The van der Waals surface area contributed by atoms with Crippen LogP contribution >= 0.6 is 0 Å². The second-order valence-corrected chi connectivity index (χ2v) is 9.45. The van der Waals surface area contributed by atoms with E-state index in [2.05, 4.69) is 16.0 Å². The van der Waals surface area contributed by atoms with Gasteiger partial charge in [0.05, 0.1) is 47.6 Å². The van der Waals surface area contributed by atoms with Crippen LogP contribution in [-0.4, -0.2) is 46.4 Å². The minimum Gasteiger partial charge on any atom is -0.496 e. The van der Waals surface area contributed by atoms with Crippen LogP contribution in [0.4, 0.5) is 4.39 Å². The predicted molar refractivity (Wildman–Crippen MR) is 153 cm³/mol. The van der Waals surface area contributed by atoms with Gasteiger partial charge in [0.2, 0.25) is 5.88 Å². The normalized spacial score (nSPS) is 10.9. The van der Waals surface area contributed by atoms with Gasteiger partial charge in [-0.1, -0.05) is 24.3 Å². The molecule has 0 aliphatic carbocycles. The zero-order valence-corrected chi connectivity index (χ0v) is 23.0. The predicted octanol–water partition coefficient (Wildman–Crippen LogP) is 5.63. The Hall–Kier alpha value is -5.27. The fourth-order valence-electron chi connectivity index (χ4n) is 4.63. The molecule has 5 rings (SSSR count). The largest absolute Gasteiger partial charge is 0.496 e. The van der Waals surface area contributed by atoms with Gasteiger partial charge in [0.1, 0.15) is 24.0 Å². The molecular formula is C32H27FN4O5. The average Bonchev–Trinajstić information content (AvgIpc) is 3.35. The van der Waals surface area contributed by atoms with E-state index in [0.29, 0.717) is 64.0 Å². The molecule has 0 aliphatic heterocycles. The van der Waals surface area contributed by atoms with E-state index in [4.69, 9.17) is 19.5 Å². The SMILES string of the molecule is COCCn1c(Cc2ccc(-c3cccc(OCc4ccc(C#N)cc4OC)n3)cc2F)nc2ccc(C(=O)O)cc21. The number of ether oxygens (including phenoxy) is 3. The van der Waals surface area contributed by atoms with Crippen molar-refractivity contribution in [2.75, 3.05) is 20.8 Å². The maximum Gasteiger partial charge on any atom is 0.335 e. The fourth-order valence-corrected chi connectivity index (χ4v) is 4.63. The van der Waals surface area contributed by atoms with E-state index < -0.39 is 11.8 Å². The van der Waals surface area contributed by atoms with Crippen LogP contribution in [0.25, 0.3) is 22.3 Å². The summed E-state index contributed by atoms with van der Waals surface area (Å²) in [7, 11) is 3.11. The zero-order chi connectivity index (χ0) is 29.6. The molecule has 1 N–H and O–H groups in total. The third-order valence-electron chi connectivity index (χ3n) is 6.81. The highest BCUT2D eigenvalue weighted by atomic mass is 19.1. The third-order valence-corrected chi connectivity index (χ3v) is 6.81. The van der Waals surface area contributed by atoms with Crippen molar-refractivity contribution >= 4 is 17.0 Å². The van der Waals surface area contributed by atoms with Crippen LogP contribution in [0.15, 0.2) is 72.8 Å². The number of benzene rings is 3. The number of carboxylic acids is 1. The van der Waals surface area contributed by atoms with Crippen molar-refractivity contribution in [1.29, 1.82) is 5.26 Å². The standard InChI is InChI=1S/C32H27FN4O5/c1-40-13-12-37-28-16-23(32(38)39)10-11-27(28)35-30(37)17-21-8-9-22(15-25(21)33)26-4-3-5-31(36-26)42-19-24-7-6-20(18-34)14-29(24)41-2/h3-11,14-16H,12-13,17,19H2,1-2H3,(H,38,39). The Morgan fingerprint density at radius 1 is 1.02 bits per heavy atom.